The molecule has 5 heteroatoms. The molecule has 1 unspecified atom stereocenters. The molecule has 1 atom stereocenters. The SMILES string of the molecule is CCC([S+]=O)c1sc(C#N)cc1C#N. The molecule has 0 saturated heterocycles. The summed E-state index contributed by atoms with van der Waals surface area (Å²) in [6.45, 7) is 1.89. The van der Waals surface area contributed by atoms with Gasteiger partial charge in [0.15, 0.2) is 0 Å². The maximum Gasteiger partial charge on any atom is 0.468 e. The molecule has 0 saturated carbocycles. The molecule has 14 heavy (non-hydrogen) atoms. The highest BCUT2D eigenvalue weighted by atomic mass is 32.1. The highest BCUT2D eigenvalue weighted by Crippen LogP contribution is 2.30. The number of nitriles is 2. The van der Waals surface area contributed by atoms with Gasteiger partial charge < -0.3 is 0 Å². The molecule has 1 aromatic rings. The maximum atomic E-state index is 10.8. The van der Waals surface area contributed by atoms with Gasteiger partial charge in [0, 0.05) is 10.6 Å². The minimum atomic E-state index is -0.211. The van der Waals surface area contributed by atoms with E-state index in [0.717, 1.165) is 4.88 Å². The van der Waals surface area contributed by atoms with Gasteiger partial charge in [-0.15, -0.1) is 11.3 Å². The van der Waals surface area contributed by atoms with Crippen LogP contribution < -0.4 is 0 Å². The van der Waals surface area contributed by atoms with Crippen LogP contribution in [-0.4, -0.2) is 0 Å². The first-order valence-electron chi connectivity index (χ1n) is 3.99. The molecule has 0 bridgehead atoms. The van der Waals surface area contributed by atoms with Crippen LogP contribution in [0.25, 0.3) is 0 Å². The van der Waals surface area contributed by atoms with Crippen LogP contribution >= 0.6 is 11.3 Å². The first-order valence-corrected chi connectivity index (χ1v) is 5.61. The summed E-state index contributed by atoms with van der Waals surface area (Å²) in [6.07, 6.45) is 0.675. The van der Waals surface area contributed by atoms with Gasteiger partial charge in [0.05, 0.1) is 10.4 Å². The average Bonchev–Trinajstić information content (AvgIpc) is 2.63. The highest BCUT2D eigenvalue weighted by Gasteiger charge is 2.27. The van der Waals surface area contributed by atoms with Gasteiger partial charge in [-0.3, -0.25) is 0 Å². The second-order valence-electron chi connectivity index (χ2n) is 2.61. The van der Waals surface area contributed by atoms with E-state index in [2.05, 4.69) is 0 Å². The van der Waals surface area contributed by atoms with Gasteiger partial charge in [-0.05, 0) is 6.07 Å². The Morgan fingerprint density at radius 2 is 2.29 bits per heavy atom. The lowest BCUT2D eigenvalue weighted by molar-refractivity contribution is 0.598. The monoisotopic (exact) mass is 223 g/mol. The summed E-state index contributed by atoms with van der Waals surface area (Å²) in [4.78, 5) is 1.22. The molecule has 3 nitrogen and oxygen atoms in total. The largest absolute Gasteiger partial charge is 0.468 e. The average molecular weight is 223 g/mol. The smallest absolute Gasteiger partial charge is 0.192 e. The van der Waals surface area contributed by atoms with Crippen molar-refractivity contribution in [3.8, 4) is 12.1 Å². The van der Waals surface area contributed by atoms with Gasteiger partial charge in [0.25, 0.3) is 5.25 Å². The summed E-state index contributed by atoms with van der Waals surface area (Å²) in [6, 6.07) is 5.53. The van der Waals surface area contributed by atoms with E-state index in [1.807, 2.05) is 19.1 Å². The highest BCUT2D eigenvalue weighted by molar-refractivity contribution is 7.66. The number of thiophene rings is 1. The predicted molar refractivity (Wildman–Crippen MR) is 54.8 cm³/mol. The Morgan fingerprint density at radius 3 is 2.71 bits per heavy atom. The summed E-state index contributed by atoms with van der Waals surface area (Å²) in [7, 11) is 0. The Labute approximate surface area is 90.1 Å². The van der Waals surface area contributed by atoms with Crippen molar-refractivity contribution in [2.24, 2.45) is 0 Å². The van der Waals surface area contributed by atoms with Crippen molar-refractivity contribution in [3.05, 3.63) is 21.4 Å². The Balaban J connectivity index is 3.20. The Bertz CT molecular complexity index is 425. The fourth-order valence-corrected chi connectivity index (χ4v) is 2.67. The van der Waals surface area contributed by atoms with Gasteiger partial charge in [0.1, 0.15) is 17.0 Å². The van der Waals surface area contributed by atoms with Gasteiger partial charge in [-0.2, -0.15) is 10.5 Å². The Kier molecular flexibility index (Phi) is 3.70. The van der Waals surface area contributed by atoms with Crippen molar-refractivity contribution in [3.63, 3.8) is 0 Å². The maximum absolute atomic E-state index is 10.8. The van der Waals surface area contributed by atoms with E-state index in [-0.39, 0.29) is 5.25 Å². The van der Waals surface area contributed by atoms with Gasteiger partial charge in [-0.1, -0.05) is 6.92 Å². The van der Waals surface area contributed by atoms with Crippen LogP contribution in [0.15, 0.2) is 6.07 Å². The first-order chi connectivity index (χ1) is 6.76. The third kappa shape index (κ3) is 1.95. The molecule has 0 fully saturated rings. The van der Waals surface area contributed by atoms with E-state index >= 15 is 0 Å². The van der Waals surface area contributed by atoms with Crippen molar-refractivity contribution >= 4 is 23.0 Å². The molecule has 70 valence electrons. The quantitative estimate of drug-likeness (QED) is 0.739. The number of nitrogens with zero attached hydrogens (tertiary/aromatic N) is 2. The van der Waals surface area contributed by atoms with Crippen molar-refractivity contribution in [1.29, 1.82) is 10.5 Å². The molecular weight excluding hydrogens is 216 g/mol. The zero-order chi connectivity index (χ0) is 10.6. The Morgan fingerprint density at radius 1 is 1.57 bits per heavy atom. The molecule has 0 amide bonds. The van der Waals surface area contributed by atoms with Crippen molar-refractivity contribution in [1.82, 2.24) is 0 Å². The standard InChI is InChI=1S/C9H7N2OS2/c1-2-8(14-12)9-6(4-10)3-7(5-11)13-9/h3,8H,2H2,1H3/q+1. The fourth-order valence-electron chi connectivity index (χ4n) is 1.08. The van der Waals surface area contributed by atoms with Gasteiger partial charge in [0.2, 0.25) is 0 Å². The lowest BCUT2D eigenvalue weighted by atomic mass is 10.2. The normalized spacial score (nSPS) is 11.4. The van der Waals surface area contributed by atoms with E-state index in [0.29, 0.717) is 28.5 Å². The minimum absolute atomic E-state index is 0.211. The third-order valence-electron chi connectivity index (χ3n) is 1.77. The van der Waals surface area contributed by atoms with Crippen LogP contribution in [0, 0.1) is 22.7 Å². The van der Waals surface area contributed by atoms with Crippen LogP contribution in [0.4, 0.5) is 0 Å². The van der Waals surface area contributed by atoms with Crippen molar-refractivity contribution < 1.29 is 4.21 Å². The molecule has 0 spiro atoms. The molecule has 0 aliphatic rings. The molecule has 0 aliphatic heterocycles. The zero-order valence-corrected chi connectivity index (χ0v) is 9.11. The van der Waals surface area contributed by atoms with Crippen LogP contribution in [0.1, 0.15) is 33.9 Å². The molecule has 0 aromatic carbocycles. The topological polar surface area (TPSA) is 64.7 Å². The second kappa shape index (κ2) is 4.80. The lowest BCUT2D eigenvalue weighted by Gasteiger charge is -1.91. The molecule has 0 aliphatic carbocycles. The Hall–Kier alpha value is -1.30. The van der Waals surface area contributed by atoms with Crippen molar-refractivity contribution in [2.45, 2.75) is 18.6 Å². The molecule has 0 N–H and O–H groups in total. The van der Waals surface area contributed by atoms with E-state index in [9.17, 15) is 4.21 Å². The number of hydrogen-bond donors (Lipinski definition) is 0. The first kappa shape index (κ1) is 10.8. The summed E-state index contributed by atoms with van der Waals surface area (Å²) in [5.41, 5.74) is 0.460. The van der Waals surface area contributed by atoms with E-state index in [4.69, 9.17) is 10.5 Å². The van der Waals surface area contributed by atoms with Crippen LogP contribution in [0.3, 0.4) is 0 Å². The zero-order valence-electron chi connectivity index (χ0n) is 7.48. The second-order valence-corrected chi connectivity index (χ2v) is 4.45. The van der Waals surface area contributed by atoms with E-state index < -0.39 is 0 Å². The van der Waals surface area contributed by atoms with Gasteiger partial charge >= 0.3 is 11.7 Å². The van der Waals surface area contributed by atoms with Gasteiger partial charge in [-0.25, -0.2) is 0 Å². The fraction of sp³-hybridized carbons (Fsp3) is 0.333. The molecule has 1 aromatic heterocycles. The molecule has 1 heterocycles. The molecule has 0 radical (unpaired) electrons. The molecule has 1 rings (SSSR count). The summed E-state index contributed by atoms with van der Waals surface area (Å²) >= 11 is 1.71. The summed E-state index contributed by atoms with van der Waals surface area (Å²) < 4.78 is 10.8. The third-order valence-corrected chi connectivity index (χ3v) is 3.87. The van der Waals surface area contributed by atoms with Crippen LogP contribution in [-0.2, 0) is 15.9 Å². The number of hydrogen-bond acceptors (Lipinski definition) is 4. The number of rotatable bonds is 3. The van der Waals surface area contributed by atoms with Crippen LogP contribution in [0.2, 0.25) is 0 Å². The van der Waals surface area contributed by atoms with E-state index in [1.54, 1.807) is 6.07 Å². The van der Waals surface area contributed by atoms with E-state index in [1.165, 1.54) is 11.3 Å². The van der Waals surface area contributed by atoms with Crippen molar-refractivity contribution in [2.75, 3.05) is 0 Å². The predicted octanol–water partition coefficient (Wildman–Crippen LogP) is 2.37. The van der Waals surface area contributed by atoms with Crippen LogP contribution in [0.5, 0.6) is 0 Å². The summed E-state index contributed by atoms with van der Waals surface area (Å²) in [5.74, 6) is 0. The minimum Gasteiger partial charge on any atom is -0.192 e. The molecular formula is C9H7N2OS2+. The lowest BCUT2D eigenvalue weighted by Crippen LogP contribution is -1.93. The summed E-state index contributed by atoms with van der Waals surface area (Å²) in [5, 5.41) is 17.3.